The van der Waals surface area contributed by atoms with Crippen molar-refractivity contribution >= 4 is 5.69 Å². The number of rotatable bonds is 15. The first kappa shape index (κ1) is 37.1. The average Bonchev–Trinajstić information content (AvgIpc) is 3.22. The first-order valence-electron chi connectivity index (χ1n) is 17.5. The summed E-state index contributed by atoms with van der Waals surface area (Å²) in [5.74, 6) is 4.34. The number of methoxy groups -OCH3 is 7. The van der Waals surface area contributed by atoms with Gasteiger partial charge in [-0.2, -0.15) is 0 Å². The molecule has 1 saturated heterocycles. The smallest absolute Gasteiger partial charge is 0.203 e. The fourth-order valence-electron chi connectivity index (χ4n) is 7.00. The monoisotopic (exact) mass is 720 g/mol. The van der Waals surface area contributed by atoms with Crippen molar-refractivity contribution in [1.29, 1.82) is 0 Å². The molecule has 3 aromatic carbocycles. The number of anilines is 1. The predicted octanol–water partition coefficient (Wildman–Crippen LogP) is 7.54. The van der Waals surface area contributed by atoms with Crippen LogP contribution in [-0.4, -0.2) is 83.8 Å². The second-order valence-corrected chi connectivity index (χ2v) is 12.8. The van der Waals surface area contributed by atoms with Gasteiger partial charge in [0, 0.05) is 73.7 Å². The third-order valence-electron chi connectivity index (χ3n) is 9.72. The topological polar surface area (TPSA) is 96.9 Å². The molecule has 0 atom stereocenters. The molecule has 0 aliphatic carbocycles. The Kier molecular flexibility index (Phi) is 12.1. The molecule has 1 aliphatic heterocycles. The van der Waals surface area contributed by atoms with E-state index in [0.717, 1.165) is 71.9 Å². The van der Waals surface area contributed by atoms with Gasteiger partial charge in [0.25, 0.3) is 0 Å². The molecule has 2 aromatic heterocycles. The van der Waals surface area contributed by atoms with E-state index in [2.05, 4.69) is 56.2 Å². The average molecular weight is 721 g/mol. The first-order chi connectivity index (χ1) is 25.9. The van der Waals surface area contributed by atoms with Gasteiger partial charge in [0.2, 0.25) is 11.5 Å². The molecule has 0 N–H and O–H groups in total. The number of benzene rings is 3. The molecule has 1 fully saturated rings. The van der Waals surface area contributed by atoms with Gasteiger partial charge >= 0.3 is 0 Å². The minimum atomic E-state index is 0.315. The molecular formula is C42H48N4O7. The van der Waals surface area contributed by atoms with Crippen LogP contribution in [0.3, 0.4) is 0 Å². The van der Waals surface area contributed by atoms with Crippen LogP contribution in [-0.2, 0) is 13.1 Å². The van der Waals surface area contributed by atoms with Gasteiger partial charge in [-0.05, 0) is 84.1 Å². The van der Waals surface area contributed by atoms with Crippen molar-refractivity contribution in [2.45, 2.75) is 32.0 Å². The Morgan fingerprint density at radius 1 is 0.623 bits per heavy atom. The summed E-state index contributed by atoms with van der Waals surface area (Å²) in [5, 5.41) is 0. The van der Waals surface area contributed by atoms with Crippen LogP contribution in [0, 0.1) is 0 Å². The van der Waals surface area contributed by atoms with E-state index in [-0.39, 0.29) is 0 Å². The molecule has 53 heavy (non-hydrogen) atoms. The van der Waals surface area contributed by atoms with Crippen molar-refractivity contribution in [3.05, 3.63) is 96.4 Å². The van der Waals surface area contributed by atoms with Crippen molar-refractivity contribution in [2.75, 3.05) is 67.8 Å². The number of ether oxygens (including phenoxy) is 7. The molecule has 3 heterocycles. The predicted molar refractivity (Wildman–Crippen MR) is 206 cm³/mol. The SMILES string of the molecule is COc1cccc(N(Cc2cncc(-c3cc(OC)c(OC)c(OC)c3)c2)C2CCN(Cc3ccnc(-c4cc(OC)c(OC)c(OC)c4)c3)CC2)c1. The third-order valence-corrected chi connectivity index (χ3v) is 9.72. The molecule has 0 unspecified atom stereocenters. The summed E-state index contributed by atoms with van der Waals surface area (Å²) >= 11 is 0. The summed E-state index contributed by atoms with van der Waals surface area (Å²) < 4.78 is 39.1. The highest BCUT2D eigenvalue weighted by Gasteiger charge is 2.26. The quantitative estimate of drug-likeness (QED) is 0.107. The lowest BCUT2D eigenvalue weighted by Crippen LogP contribution is -2.44. The number of aromatic nitrogens is 2. The summed E-state index contributed by atoms with van der Waals surface area (Å²) in [7, 11) is 11.4. The van der Waals surface area contributed by atoms with Gasteiger partial charge in [-0.25, -0.2) is 0 Å². The number of hydrogen-bond donors (Lipinski definition) is 0. The molecule has 0 spiro atoms. The van der Waals surface area contributed by atoms with Crippen molar-refractivity contribution in [2.24, 2.45) is 0 Å². The Bertz CT molecular complexity index is 1950. The summed E-state index contributed by atoms with van der Waals surface area (Å²) in [5.41, 5.74) is 7.05. The molecule has 0 bridgehead atoms. The number of nitrogens with zero attached hydrogens (tertiary/aromatic N) is 4. The van der Waals surface area contributed by atoms with Gasteiger partial charge in [-0.15, -0.1) is 0 Å². The first-order valence-corrected chi connectivity index (χ1v) is 17.5. The molecule has 0 radical (unpaired) electrons. The maximum Gasteiger partial charge on any atom is 0.203 e. The standard InChI is InChI=1S/C42H48N4O7/c1-47-35-10-8-9-34(23-35)46(27-29-17-32(25-43-24-29)30-19-37(48-2)41(52-6)38(20-30)49-3)33-12-15-45(16-13-33)26-28-11-14-44-36(18-28)31-21-39(50-4)42(53-7)40(22-31)51-5/h8-11,14,17-25,33H,12-13,15-16,26-27H2,1-7H3. The van der Waals surface area contributed by atoms with Crippen molar-refractivity contribution in [1.82, 2.24) is 14.9 Å². The second-order valence-electron chi connectivity index (χ2n) is 12.8. The lowest BCUT2D eigenvalue weighted by Gasteiger charge is -2.40. The van der Waals surface area contributed by atoms with Crippen LogP contribution < -0.4 is 38.1 Å². The maximum absolute atomic E-state index is 5.64. The van der Waals surface area contributed by atoms with Crippen molar-refractivity contribution < 1.29 is 33.2 Å². The fraction of sp³-hybridized carbons (Fsp3) is 0.333. The Balaban J connectivity index is 1.20. The summed E-state index contributed by atoms with van der Waals surface area (Å²) in [6.45, 7) is 3.42. The van der Waals surface area contributed by atoms with E-state index < -0.39 is 0 Å². The van der Waals surface area contributed by atoms with E-state index in [1.54, 1.807) is 49.8 Å². The summed E-state index contributed by atoms with van der Waals surface area (Å²) in [6, 6.07) is 22.8. The number of piperidine rings is 1. The van der Waals surface area contributed by atoms with E-state index in [1.807, 2.05) is 48.9 Å². The van der Waals surface area contributed by atoms with Gasteiger partial charge < -0.3 is 38.1 Å². The molecule has 11 heteroatoms. The molecule has 278 valence electrons. The molecule has 5 aromatic rings. The van der Waals surface area contributed by atoms with Crippen LogP contribution in [0.25, 0.3) is 22.4 Å². The largest absolute Gasteiger partial charge is 0.497 e. The minimum Gasteiger partial charge on any atom is -0.497 e. The Hall–Kier alpha value is -5.68. The molecule has 6 rings (SSSR count). The van der Waals surface area contributed by atoms with Crippen LogP contribution in [0.1, 0.15) is 24.0 Å². The van der Waals surface area contributed by atoms with E-state index in [4.69, 9.17) is 33.2 Å². The molecule has 0 saturated carbocycles. The van der Waals surface area contributed by atoms with E-state index >= 15 is 0 Å². The van der Waals surface area contributed by atoms with E-state index in [1.165, 1.54) is 5.56 Å². The van der Waals surface area contributed by atoms with Gasteiger partial charge in [0.05, 0.1) is 55.5 Å². The van der Waals surface area contributed by atoms with Gasteiger partial charge in [-0.1, -0.05) is 6.07 Å². The van der Waals surface area contributed by atoms with Gasteiger partial charge in [0.15, 0.2) is 23.0 Å². The maximum atomic E-state index is 5.64. The zero-order valence-corrected chi connectivity index (χ0v) is 31.5. The van der Waals surface area contributed by atoms with Crippen LogP contribution in [0.4, 0.5) is 5.69 Å². The van der Waals surface area contributed by atoms with Crippen LogP contribution in [0.15, 0.2) is 85.3 Å². The van der Waals surface area contributed by atoms with Gasteiger partial charge in [-0.3, -0.25) is 14.9 Å². The van der Waals surface area contributed by atoms with Gasteiger partial charge in [0.1, 0.15) is 5.75 Å². The highest BCUT2D eigenvalue weighted by Crippen LogP contribution is 2.42. The highest BCUT2D eigenvalue weighted by atomic mass is 16.5. The summed E-state index contributed by atoms with van der Waals surface area (Å²) in [6.07, 6.45) is 7.68. The lowest BCUT2D eigenvalue weighted by molar-refractivity contribution is 0.201. The molecule has 1 aliphatic rings. The Labute approximate surface area is 312 Å². The van der Waals surface area contributed by atoms with Crippen molar-refractivity contribution in [3.8, 4) is 62.6 Å². The third kappa shape index (κ3) is 8.36. The Morgan fingerprint density at radius 3 is 1.83 bits per heavy atom. The summed E-state index contributed by atoms with van der Waals surface area (Å²) in [4.78, 5) is 14.3. The minimum absolute atomic E-state index is 0.315. The van der Waals surface area contributed by atoms with Crippen molar-refractivity contribution in [3.63, 3.8) is 0 Å². The lowest BCUT2D eigenvalue weighted by atomic mass is 9.99. The zero-order chi connectivity index (χ0) is 37.3. The molecular weight excluding hydrogens is 672 g/mol. The van der Waals surface area contributed by atoms with Crippen LogP contribution in [0.2, 0.25) is 0 Å². The number of pyridine rings is 2. The fourth-order valence-corrected chi connectivity index (χ4v) is 7.00. The van der Waals surface area contributed by atoms with Crippen LogP contribution >= 0.6 is 0 Å². The van der Waals surface area contributed by atoms with E-state index in [0.29, 0.717) is 47.1 Å². The van der Waals surface area contributed by atoms with E-state index in [9.17, 15) is 0 Å². The zero-order valence-electron chi connectivity index (χ0n) is 31.5. The number of hydrogen-bond acceptors (Lipinski definition) is 11. The normalized spacial score (nSPS) is 13.3. The van der Waals surface area contributed by atoms with Crippen LogP contribution in [0.5, 0.6) is 40.2 Å². The molecule has 11 nitrogen and oxygen atoms in total. The Morgan fingerprint density at radius 2 is 1.25 bits per heavy atom. The number of likely N-dealkylation sites (tertiary alicyclic amines) is 1. The second kappa shape index (κ2) is 17.2. The molecule has 0 amide bonds. The highest BCUT2D eigenvalue weighted by molar-refractivity contribution is 5.71.